The molecular formula is C10H6ClF3N2O. The molecule has 0 spiro atoms. The molecule has 1 aromatic carbocycles. The highest BCUT2D eigenvalue weighted by Gasteiger charge is 2.35. The number of benzene rings is 1. The first-order valence-electron chi connectivity index (χ1n) is 4.47. The lowest BCUT2D eigenvalue weighted by molar-refractivity contribution is -0.142. The van der Waals surface area contributed by atoms with Gasteiger partial charge in [0.25, 0.3) is 0 Å². The zero-order chi connectivity index (χ0) is 12.6. The molecule has 2 rings (SSSR count). The number of nitrogen functional groups attached to an aromatic ring is 1. The zero-order valence-corrected chi connectivity index (χ0v) is 9.01. The topological polar surface area (TPSA) is 52.0 Å². The van der Waals surface area contributed by atoms with Crippen LogP contribution in [0, 0.1) is 0 Å². The van der Waals surface area contributed by atoms with Crippen molar-refractivity contribution in [3.05, 3.63) is 35.0 Å². The second-order valence-corrected chi connectivity index (χ2v) is 3.72. The number of aromatic nitrogens is 1. The van der Waals surface area contributed by atoms with Crippen LogP contribution in [0.3, 0.4) is 0 Å². The first-order chi connectivity index (χ1) is 7.88. The lowest BCUT2D eigenvalue weighted by atomic mass is 10.1. The first-order valence-corrected chi connectivity index (χ1v) is 4.85. The summed E-state index contributed by atoms with van der Waals surface area (Å²) in [5.41, 5.74) is 5.09. The van der Waals surface area contributed by atoms with E-state index in [1.165, 1.54) is 18.2 Å². The third kappa shape index (κ3) is 2.36. The molecule has 0 saturated heterocycles. The summed E-state index contributed by atoms with van der Waals surface area (Å²) in [7, 11) is 0. The van der Waals surface area contributed by atoms with Crippen LogP contribution in [-0.4, -0.2) is 5.16 Å². The lowest BCUT2D eigenvalue weighted by Crippen LogP contribution is -2.04. The molecule has 0 aliphatic carbocycles. The maximum Gasteiger partial charge on any atom is 0.436 e. The lowest BCUT2D eigenvalue weighted by Gasteiger charge is -2.00. The van der Waals surface area contributed by atoms with Crippen LogP contribution in [0.4, 0.5) is 18.9 Å². The number of halogens is 4. The van der Waals surface area contributed by atoms with Crippen LogP contribution in [0.25, 0.3) is 11.3 Å². The Labute approximate surface area is 99.0 Å². The van der Waals surface area contributed by atoms with Gasteiger partial charge in [-0.05, 0) is 18.2 Å². The molecule has 1 aromatic heterocycles. The molecule has 17 heavy (non-hydrogen) atoms. The van der Waals surface area contributed by atoms with Crippen molar-refractivity contribution in [3.8, 4) is 11.3 Å². The van der Waals surface area contributed by atoms with E-state index in [1.807, 2.05) is 0 Å². The van der Waals surface area contributed by atoms with Gasteiger partial charge >= 0.3 is 6.18 Å². The van der Waals surface area contributed by atoms with E-state index < -0.39 is 11.9 Å². The molecule has 90 valence electrons. The van der Waals surface area contributed by atoms with Gasteiger partial charge in [0.15, 0.2) is 11.5 Å². The van der Waals surface area contributed by atoms with Gasteiger partial charge in [-0.3, -0.25) is 0 Å². The van der Waals surface area contributed by atoms with Gasteiger partial charge < -0.3 is 10.3 Å². The minimum atomic E-state index is -4.54. The summed E-state index contributed by atoms with van der Waals surface area (Å²) < 4.78 is 41.5. The monoisotopic (exact) mass is 262 g/mol. The van der Waals surface area contributed by atoms with Crippen molar-refractivity contribution in [2.24, 2.45) is 0 Å². The maximum absolute atomic E-state index is 12.3. The fraction of sp³-hybridized carbons (Fsp3) is 0.100. The summed E-state index contributed by atoms with van der Waals surface area (Å²) in [6, 6.07) is 5.19. The Balaban J connectivity index is 2.44. The van der Waals surface area contributed by atoms with Crippen molar-refractivity contribution < 1.29 is 17.7 Å². The molecule has 7 heteroatoms. The quantitative estimate of drug-likeness (QED) is 0.799. The Bertz CT molecular complexity index is 551. The van der Waals surface area contributed by atoms with Crippen LogP contribution in [0.2, 0.25) is 5.02 Å². The van der Waals surface area contributed by atoms with E-state index in [2.05, 4.69) is 9.68 Å². The summed E-state index contributed by atoms with van der Waals surface area (Å²) in [4.78, 5) is 0. The van der Waals surface area contributed by atoms with Crippen LogP contribution >= 0.6 is 11.6 Å². The zero-order valence-electron chi connectivity index (χ0n) is 8.25. The van der Waals surface area contributed by atoms with Gasteiger partial charge in [-0.15, -0.1) is 0 Å². The molecule has 0 fully saturated rings. The number of alkyl halides is 3. The largest absolute Gasteiger partial charge is 0.436 e. The SMILES string of the molecule is Nc1ccc(-c2cc(C(F)(F)F)no2)c(Cl)c1. The average Bonchev–Trinajstić information content (AvgIpc) is 2.65. The fourth-order valence-corrected chi connectivity index (χ4v) is 1.55. The van der Waals surface area contributed by atoms with Crippen molar-refractivity contribution >= 4 is 17.3 Å². The van der Waals surface area contributed by atoms with Crippen molar-refractivity contribution in [2.75, 3.05) is 5.73 Å². The number of nitrogens with zero attached hydrogens (tertiary/aromatic N) is 1. The Morgan fingerprint density at radius 2 is 1.94 bits per heavy atom. The van der Waals surface area contributed by atoms with E-state index >= 15 is 0 Å². The summed E-state index contributed by atoms with van der Waals surface area (Å²) in [5.74, 6) is -0.0534. The highest BCUT2D eigenvalue weighted by molar-refractivity contribution is 6.33. The fourth-order valence-electron chi connectivity index (χ4n) is 1.27. The van der Waals surface area contributed by atoms with E-state index in [-0.39, 0.29) is 10.8 Å². The van der Waals surface area contributed by atoms with Crippen LogP contribution < -0.4 is 5.73 Å². The third-order valence-electron chi connectivity index (χ3n) is 2.06. The number of rotatable bonds is 1. The number of nitrogens with two attached hydrogens (primary N) is 1. The second-order valence-electron chi connectivity index (χ2n) is 3.31. The molecule has 0 aliphatic rings. The molecule has 0 atom stereocenters. The van der Waals surface area contributed by atoms with Gasteiger partial charge in [-0.1, -0.05) is 16.8 Å². The van der Waals surface area contributed by atoms with Gasteiger partial charge in [0.2, 0.25) is 0 Å². The standard InChI is InChI=1S/C10H6ClF3N2O/c11-7-3-5(15)1-2-6(7)8-4-9(16-17-8)10(12,13)14/h1-4H,15H2. The predicted molar refractivity (Wildman–Crippen MR) is 56.4 cm³/mol. The van der Waals surface area contributed by atoms with Gasteiger partial charge in [0.05, 0.1) is 5.02 Å². The minimum absolute atomic E-state index is 0.0534. The summed E-state index contributed by atoms with van der Waals surface area (Å²) in [6.07, 6.45) is -4.54. The summed E-state index contributed by atoms with van der Waals surface area (Å²) in [6.45, 7) is 0. The summed E-state index contributed by atoms with van der Waals surface area (Å²) in [5, 5.41) is 3.14. The average molecular weight is 263 g/mol. The molecule has 3 nitrogen and oxygen atoms in total. The normalized spacial score (nSPS) is 11.8. The van der Waals surface area contributed by atoms with Crippen molar-refractivity contribution in [1.82, 2.24) is 5.16 Å². The first kappa shape index (κ1) is 11.8. The van der Waals surface area contributed by atoms with Crippen molar-refractivity contribution in [2.45, 2.75) is 6.18 Å². The Morgan fingerprint density at radius 1 is 1.24 bits per heavy atom. The van der Waals surface area contributed by atoms with Gasteiger partial charge in [0, 0.05) is 17.3 Å². The molecule has 0 saturated carbocycles. The van der Waals surface area contributed by atoms with E-state index in [0.29, 0.717) is 11.3 Å². The van der Waals surface area contributed by atoms with Crippen LogP contribution in [-0.2, 0) is 6.18 Å². The maximum atomic E-state index is 12.3. The smallest absolute Gasteiger partial charge is 0.399 e. The van der Waals surface area contributed by atoms with Gasteiger partial charge in [-0.25, -0.2) is 0 Å². The molecule has 0 unspecified atom stereocenters. The number of anilines is 1. The van der Waals surface area contributed by atoms with Crippen molar-refractivity contribution in [3.63, 3.8) is 0 Å². The van der Waals surface area contributed by atoms with Gasteiger partial charge in [-0.2, -0.15) is 13.2 Å². The Morgan fingerprint density at radius 3 is 2.47 bits per heavy atom. The van der Waals surface area contributed by atoms with Crippen molar-refractivity contribution in [1.29, 1.82) is 0 Å². The van der Waals surface area contributed by atoms with E-state index in [0.717, 1.165) is 6.07 Å². The highest BCUT2D eigenvalue weighted by atomic mass is 35.5. The molecular weight excluding hydrogens is 257 g/mol. The predicted octanol–water partition coefficient (Wildman–Crippen LogP) is 3.60. The number of hydrogen-bond acceptors (Lipinski definition) is 3. The molecule has 2 N–H and O–H groups in total. The molecule has 0 amide bonds. The summed E-state index contributed by atoms with van der Waals surface area (Å²) >= 11 is 5.84. The second kappa shape index (κ2) is 3.96. The third-order valence-corrected chi connectivity index (χ3v) is 2.37. The van der Waals surface area contributed by atoms with Gasteiger partial charge in [0.1, 0.15) is 0 Å². The van der Waals surface area contributed by atoms with E-state index in [1.54, 1.807) is 0 Å². The van der Waals surface area contributed by atoms with Crippen LogP contribution in [0.1, 0.15) is 5.69 Å². The van der Waals surface area contributed by atoms with E-state index in [9.17, 15) is 13.2 Å². The molecule has 2 aromatic rings. The van der Waals surface area contributed by atoms with Crippen LogP contribution in [0.15, 0.2) is 28.8 Å². The minimum Gasteiger partial charge on any atom is -0.399 e. The molecule has 0 bridgehead atoms. The molecule has 0 radical (unpaired) electrons. The van der Waals surface area contributed by atoms with E-state index in [4.69, 9.17) is 17.3 Å². The Kier molecular flexibility index (Phi) is 2.74. The molecule has 1 heterocycles. The Hall–Kier alpha value is -1.69. The number of hydrogen-bond donors (Lipinski definition) is 1. The molecule has 0 aliphatic heterocycles. The highest BCUT2D eigenvalue weighted by Crippen LogP contribution is 2.34. The van der Waals surface area contributed by atoms with Crippen LogP contribution in [0.5, 0.6) is 0 Å².